The second-order valence-corrected chi connectivity index (χ2v) is 11.1. The lowest BCUT2D eigenvalue weighted by atomic mass is 10.4. The smallest absolute Gasteiger partial charge is 0.404 e. The predicted molar refractivity (Wildman–Crippen MR) is 91.9 cm³/mol. The largest absolute Gasteiger partial charge is 0.465 e. The first-order chi connectivity index (χ1) is 11.0. The van der Waals surface area contributed by atoms with Crippen molar-refractivity contribution in [1.82, 2.24) is 5.32 Å². The lowest BCUT2D eigenvalue weighted by Crippen LogP contribution is -2.19. The molecule has 0 aliphatic carbocycles. The van der Waals surface area contributed by atoms with Crippen LogP contribution in [0, 0.1) is 0 Å². The highest BCUT2D eigenvalue weighted by Gasteiger charge is 2.23. The first kappa shape index (κ1) is 18.9. The summed E-state index contributed by atoms with van der Waals surface area (Å²) in [4.78, 5) is 10.7. The van der Waals surface area contributed by atoms with Gasteiger partial charge in [0.2, 0.25) is 9.84 Å². The third-order valence-electron chi connectivity index (χ3n) is 2.90. The maximum atomic E-state index is 12.7. The minimum absolute atomic E-state index is 0.00207. The number of halogens is 1. The Kier molecular flexibility index (Phi) is 5.37. The Morgan fingerprint density at radius 3 is 2.38 bits per heavy atom. The van der Waals surface area contributed by atoms with Crippen LogP contribution >= 0.6 is 27.3 Å². The van der Waals surface area contributed by atoms with Gasteiger partial charge in [-0.25, -0.2) is 21.6 Å². The van der Waals surface area contributed by atoms with Crippen LogP contribution in [0.3, 0.4) is 0 Å². The van der Waals surface area contributed by atoms with Crippen LogP contribution in [-0.2, 0) is 26.2 Å². The van der Waals surface area contributed by atoms with Crippen molar-refractivity contribution < 1.29 is 26.7 Å². The van der Waals surface area contributed by atoms with E-state index in [1.165, 1.54) is 24.3 Å². The summed E-state index contributed by atoms with van der Waals surface area (Å²) in [7, 11) is -7.48. The molecule has 7 nitrogen and oxygen atoms in total. The summed E-state index contributed by atoms with van der Waals surface area (Å²) in [6, 6.07) is 6.61. The molecule has 0 fully saturated rings. The van der Waals surface area contributed by atoms with E-state index in [4.69, 9.17) is 5.11 Å². The van der Waals surface area contributed by atoms with Gasteiger partial charge in [-0.05, 0) is 30.3 Å². The van der Waals surface area contributed by atoms with Crippen LogP contribution in [0.25, 0.3) is 0 Å². The molecule has 130 valence electrons. The lowest BCUT2D eigenvalue weighted by Gasteiger charge is -2.06. The number of carbonyl (C=O) groups is 1. The first-order valence-electron chi connectivity index (χ1n) is 6.31. The van der Waals surface area contributed by atoms with Gasteiger partial charge in [-0.3, -0.25) is 0 Å². The van der Waals surface area contributed by atoms with E-state index in [-0.39, 0.29) is 20.5 Å². The highest BCUT2D eigenvalue weighted by molar-refractivity contribution is 9.10. The topological polar surface area (TPSA) is 118 Å². The molecule has 0 saturated heterocycles. The van der Waals surface area contributed by atoms with Crippen LogP contribution in [-0.4, -0.2) is 34.3 Å². The first-order valence-corrected chi connectivity index (χ1v) is 11.3. The number of benzene rings is 1. The molecule has 0 radical (unpaired) electrons. The van der Waals surface area contributed by atoms with Gasteiger partial charge in [0, 0.05) is 15.6 Å². The molecule has 0 aliphatic rings. The number of rotatable bonds is 5. The minimum atomic E-state index is -3.91. The molecule has 1 amide bonds. The number of hydrogen-bond donors (Lipinski definition) is 2. The number of sulfone groups is 2. The highest BCUT2D eigenvalue weighted by atomic mass is 79.9. The fourth-order valence-electron chi connectivity index (χ4n) is 1.78. The maximum absolute atomic E-state index is 12.7. The van der Waals surface area contributed by atoms with Crippen molar-refractivity contribution in [3.05, 3.63) is 39.7 Å². The molecular formula is C13H12BrNO6S3. The van der Waals surface area contributed by atoms with E-state index in [9.17, 15) is 21.6 Å². The molecule has 1 aromatic carbocycles. The zero-order valence-corrected chi connectivity index (χ0v) is 16.2. The molecule has 0 aliphatic heterocycles. The molecule has 0 spiro atoms. The van der Waals surface area contributed by atoms with E-state index in [0.29, 0.717) is 9.35 Å². The zero-order valence-electron chi connectivity index (χ0n) is 12.2. The quantitative estimate of drug-likeness (QED) is 0.717. The normalized spacial score (nSPS) is 12.1. The molecule has 0 saturated carbocycles. The third kappa shape index (κ3) is 4.35. The molecule has 2 rings (SSSR count). The summed E-state index contributed by atoms with van der Waals surface area (Å²) in [6.45, 7) is -0.0113. The molecule has 1 heterocycles. The number of carboxylic acid groups (broad SMARTS) is 1. The summed E-state index contributed by atoms with van der Waals surface area (Å²) in [6.07, 6.45) is -0.219. The van der Waals surface area contributed by atoms with Gasteiger partial charge < -0.3 is 10.4 Å². The van der Waals surface area contributed by atoms with Crippen molar-refractivity contribution in [2.75, 3.05) is 6.26 Å². The van der Waals surface area contributed by atoms with E-state index in [2.05, 4.69) is 21.2 Å². The Hall–Kier alpha value is -1.43. The predicted octanol–water partition coefficient (Wildman–Crippen LogP) is 2.51. The fraction of sp³-hybridized carbons (Fsp3) is 0.154. The molecular weight excluding hydrogens is 442 g/mol. The SMILES string of the molecule is CS(=O)(=O)c1cc(Br)cc(S(=O)(=O)c2ccc(CNC(=O)O)s2)c1. The monoisotopic (exact) mass is 453 g/mol. The van der Waals surface area contributed by atoms with Crippen molar-refractivity contribution >= 4 is 53.0 Å². The molecule has 1 aromatic heterocycles. The Balaban J connectivity index is 2.44. The van der Waals surface area contributed by atoms with Gasteiger partial charge in [0.25, 0.3) is 0 Å². The van der Waals surface area contributed by atoms with Crippen molar-refractivity contribution in [2.24, 2.45) is 0 Å². The number of amides is 1. The standard InChI is InChI=1S/C13H12BrNO6S3/c1-23(18,19)10-4-8(14)5-11(6-10)24(20,21)12-3-2-9(22-12)7-15-13(16)17/h2-6,15H,7H2,1H3,(H,16,17). The van der Waals surface area contributed by atoms with Gasteiger partial charge in [-0.1, -0.05) is 15.9 Å². The molecule has 11 heteroatoms. The van der Waals surface area contributed by atoms with Crippen LogP contribution in [0.1, 0.15) is 4.88 Å². The molecule has 2 aromatic rings. The van der Waals surface area contributed by atoms with E-state index < -0.39 is 25.8 Å². The molecule has 0 atom stereocenters. The van der Waals surface area contributed by atoms with Gasteiger partial charge >= 0.3 is 6.09 Å². The van der Waals surface area contributed by atoms with Crippen molar-refractivity contribution in [3.8, 4) is 0 Å². The van der Waals surface area contributed by atoms with E-state index in [1.807, 2.05) is 0 Å². The minimum Gasteiger partial charge on any atom is -0.465 e. The molecule has 24 heavy (non-hydrogen) atoms. The fourth-order valence-corrected chi connectivity index (χ4v) is 6.10. The van der Waals surface area contributed by atoms with Crippen LogP contribution in [0.4, 0.5) is 4.79 Å². The van der Waals surface area contributed by atoms with Crippen LogP contribution < -0.4 is 5.32 Å². The summed E-state index contributed by atoms with van der Waals surface area (Å²) in [5.41, 5.74) is 0. The Morgan fingerprint density at radius 1 is 1.17 bits per heavy atom. The molecule has 0 unspecified atom stereocenters. The average Bonchev–Trinajstić information content (AvgIpc) is 2.93. The summed E-state index contributed by atoms with van der Waals surface area (Å²) in [5, 5.41) is 10.7. The average molecular weight is 454 g/mol. The van der Waals surface area contributed by atoms with Gasteiger partial charge in [-0.2, -0.15) is 0 Å². The van der Waals surface area contributed by atoms with Crippen LogP contribution in [0.5, 0.6) is 0 Å². The Morgan fingerprint density at radius 2 is 1.79 bits per heavy atom. The van der Waals surface area contributed by atoms with Gasteiger partial charge in [-0.15, -0.1) is 11.3 Å². The van der Waals surface area contributed by atoms with Crippen LogP contribution in [0.2, 0.25) is 0 Å². The summed E-state index contributed by atoms with van der Waals surface area (Å²) < 4.78 is 49.0. The Bertz CT molecular complexity index is 994. The highest BCUT2D eigenvalue weighted by Crippen LogP contribution is 2.31. The summed E-state index contributed by atoms with van der Waals surface area (Å²) in [5.74, 6) is 0. The lowest BCUT2D eigenvalue weighted by molar-refractivity contribution is 0.194. The van der Waals surface area contributed by atoms with Crippen molar-refractivity contribution in [1.29, 1.82) is 0 Å². The second-order valence-electron chi connectivity index (χ2n) is 4.78. The van der Waals surface area contributed by atoms with Crippen LogP contribution in [0.15, 0.2) is 48.8 Å². The van der Waals surface area contributed by atoms with Crippen molar-refractivity contribution in [2.45, 2.75) is 20.5 Å². The Labute approximate surface area is 151 Å². The number of thiophene rings is 1. The van der Waals surface area contributed by atoms with Gasteiger partial charge in [0.1, 0.15) is 4.21 Å². The zero-order chi connectivity index (χ0) is 18.1. The number of nitrogens with one attached hydrogen (secondary N) is 1. The van der Waals surface area contributed by atoms with Gasteiger partial charge in [0.05, 0.1) is 16.3 Å². The molecule has 2 N–H and O–H groups in total. The van der Waals surface area contributed by atoms with Crippen molar-refractivity contribution in [3.63, 3.8) is 0 Å². The second kappa shape index (κ2) is 6.82. The van der Waals surface area contributed by atoms with Gasteiger partial charge in [0.15, 0.2) is 9.84 Å². The van der Waals surface area contributed by atoms with E-state index in [1.54, 1.807) is 0 Å². The third-order valence-corrected chi connectivity index (χ3v) is 7.76. The molecule has 0 bridgehead atoms. The maximum Gasteiger partial charge on any atom is 0.404 e. The van der Waals surface area contributed by atoms with E-state index >= 15 is 0 Å². The van der Waals surface area contributed by atoms with E-state index in [0.717, 1.165) is 23.7 Å². The number of hydrogen-bond acceptors (Lipinski definition) is 6. The summed E-state index contributed by atoms with van der Waals surface area (Å²) >= 11 is 4.03.